The molecule has 0 spiro atoms. The van der Waals surface area contributed by atoms with Crippen molar-refractivity contribution in [1.82, 2.24) is 4.90 Å². The second-order valence-corrected chi connectivity index (χ2v) is 5.94. The first-order chi connectivity index (χ1) is 8.29. The van der Waals surface area contributed by atoms with Crippen molar-refractivity contribution < 1.29 is 4.74 Å². The molecule has 96 valence electrons. The zero-order valence-electron chi connectivity index (χ0n) is 10.6. The number of thiophene rings is 1. The van der Waals surface area contributed by atoms with Crippen LogP contribution in [-0.4, -0.2) is 31.1 Å². The number of likely N-dealkylation sites (tertiary alicyclic amines) is 1. The lowest BCUT2D eigenvalue weighted by molar-refractivity contribution is 0.0992. The third kappa shape index (κ3) is 3.78. The molecule has 0 aromatic carbocycles. The van der Waals surface area contributed by atoms with E-state index in [2.05, 4.69) is 17.9 Å². The first-order valence-electron chi connectivity index (χ1n) is 6.38. The van der Waals surface area contributed by atoms with E-state index in [1.165, 1.54) is 41.2 Å². The van der Waals surface area contributed by atoms with Crippen LogP contribution in [0.1, 0.15) is 28.2 Å². The highest BCUT2D eigenvalue weighted by molar-refractivity contribution is 7.12. The second-order valence-electron chi connectivity index (χ2n) is 4.60. The van der Waals surface area contributed by atoms with E-state index >= 15 is 0 Å². The van der Waals surface area contributed by atoms with E-state index < -0.39 is 0 Å². The van der Waals surface area contributed by atoms with Crippen molar-refractivity contribution in [2.75, 3.05) is 26.2 Å². The van der Waals surface area contributed by atoms with Gasteiger partial charge < -0.3 is 15.4 Å². The first kappa shape index (κ1) is 13.0. The summed E-state index contributed by atoms with van der Waals surface area (Å²) in [5.41, 5.74) is 6.94. The van der Waals surface area contributed by atoms with E-state index in [1.54, 1.807) is 11.3 Å². The Bertz CT molecular complexity index is 345. The molecular formula is C13H22N2OS. The van der Waals surface area contributed by atoms with Gasteiger partial charge in [0.25, 0.3) is 0 Å². The van der Waals surface area contributed by atoms with Crippen LogP contribution in [0.25, 0.3) is 0 Å². The third-order valence-corrected chi connectivity index (χ3v) is 4.40. The number of aryl methyl sites for hydroxylation is 1. The van der Waals surface area contributed by atoms with Gasteiger partial charge in [0.2, 0.25) is 0 Å². The van der Waals surface area contributed by atoms with Crippen molar-refractivity contribution in [2.45, 2.75) is 32.9 Å². The summed E-state index contributed by atoms with van der Waals surface area (Å²) in [5, 5.41) is 0. The van der Waals surface area contributed by atoms with E-state index in [-0.39, 0.29) is 0 Å². The van der Waals surface area contributed by atoms with Crippen LogP contribution in [0.5, 0.6) is 0 Å². The average Bonchev–Trinajstić information content (AvgIpc) is 2.94. The van der Waals surface area contributed by atoms with E-state index in [9.17, 15) is 0 Å². The van der Waals surface area contributed by atoms with Gasteiger partial charge in [-0.05, 0) is 44.5 Å². The highest BCUT2D eigenvalue weighted by atomic mass is 32.1. The summed E-state index contributed by atoms with van der Waals surface area (Å²) in [6.07, 6.45) is 2.70. The molecule has 0 aliphatic carbocycles. The van der Waals surface area contributed by atoms with Gasteiger partial charge in [-0.25, -0.2) is 0 Å². The lowest BCUT2D eigenvalue weighted by atomic mass is 10.2. The van der Waals surface area contributed by atoms with Gasteiger partial charge in [-0.15, -0.1) is 11.3 Å². The highest BCUT2D eigenvalue weighted by Gasteiger charge is 2.10. The zero-order valence-corrected chi connectivity index (χ0v) is 11.4. The normalized spacial score (nSPS) is 16.8. The predicted octanol–water partition coefficient (Wildman–Crippen LogP) is 2.13. The largest absolute Gasteiger partial charge is 0.375 e. The summed E-state index contributed by atoms with van der Waals surface area (Å²) < 4.78 is 5.74. The topological polar surface area (TPSA) is 38.5 Å². The van der Waals surface area contributed by atoms with Crippen molar-refractivity contribution >= 4 is 11.3 Å². The van der Waals surface area contributed by atoms with Crippen LogP contribution in [-0.2, 0) is 17.9 Å². The van der Waals surface area contributed by atoms with Gasteiger partial charge in [-0.2, -0.15) is 0 Å². The Hall–Kier alpha value is -0.420. The van der Waals surface area contributed by atoms with Gasteiger partial charge in [-0.3, -0.25) is 0 Å². The number of hydrogen-bond acceptors (Lipinski definition) is 4. The van der Waals surface area contributed by atoms with Crippen molar-refractivity contribution in [1.29, 1.82) is 0 Å². The minimum Gasteiger partial charge on any atom is -0.375 e. The summed E-state index contributed by atoms with van der Waals surface area (Å²) >= 11 is 1.78. The average molecular weight is 254 g/mol. The quantitative estimate of drug-likeness (QED) is 0.790. The van der Waals surface area contributed by atoms with E-state index in [4.69, 9.17) is 10.5 Å². The molecule has 1 saturated heterocycles. The molecule has 0 bridgehead atoms. The number of hydrogen-bond donors (Lipinski definition) is 1. The minimum atomic E-state index is 0.638. The fourth-order valence-corrected chi connectivity index (χ4v) is 3.14. The Morgan fingerprint density at radius 3 is 2.82 bits per heavy atom. The van der Waals surface area contributed by atoms with Gasteiger partial charge in [0.15, 0.2) is 0 Å². The van der Waals surface area contributed by atoms with Crippen LogP contribution in [0.4, 0.5) is 0 Å². The van der Waals surface area contributed by atoms with Crippen molar-refractivity contribution in [3.8, 4) is 0 Å². The summed E-state index contributed by atoms with van der Waals surface area (Å²) in [5.74, 6) is 0. The molecule has 4 heteroatoms. The fourth-order valence-electron chi connectivity index (χ4n) is 2.21. The molecule has 0 atom stereocenters. The summed E-state index contributed by atoms with van der Waals surface area (Å²) in [4.78, 5) is 5.07. The Morgan fingerprint density at radius 2 is 2.18 bits per heavy atom. The van der Waals surface area contributed by atoms with Gasteiger partial charge in [0, 0.05) is 22.8 Å². The van der Waals surface area contributed by atoms with Gasteiger partial charge in [-0.1, -0.05) is 0 Å². The van der Waals surface area contributed by atoms with Crippen LogP contribution < -0.4 is 5.73 Å². The van der Waals surface area contributed by atoms with Crippen LogP contribution in [0.2, 0.25) is 0 Å². The molecule has 1 aliphatic heterocycles. The SMILES string of the molecule is Cc1sc(CN)cc1COCCN1CCCC1. The van der Waals surface area contributed by atoms with Crippen LogP contribution in [0.3, 0.4) is 0 Å². The maximum atomic E-state index is 5.74. The predicted molar refractivity (Wildman–Crippen MR) is 72.3 cm³/mol. The minimum absolute atomic E-state index is 0.638. The molecule has 1 fully saturated rings. The van der Waals surface area contributed by atoms with Gasteiger partial charge in [0.05, 0.1) is 13.2 Å². The number of ether oxygens (including phenoxy) is 1. The number of rotatable bonds is 6. The van der Waals surface area contributed by atoms with E-state index in [0.717, 1.165) is 19.8 Å². The smallest absolute Gasteiger partial charge is 0.0728 e. The van der Waals surface area contributed by atoms with E-state index in [1.807, 2.05) is 0 Å². The summed E-state index contributed by atoms with van der Waals surface area (Å²) in [6, 6.07) is 2.18. The number of nitrogens with two attached hydrogens (primary N) is 1. The molecule has 0 saturated carbocycles. The van der Waals surface area contributed by atoms with Gasteiger partial charge >= 0.3 is 0 Å². The Balaban J connectivity index is 1.68. The monoisotopic (exact) mass is 254 g/mol. The Kier molecular flexibility index (Phi) is 4.98. The van der Waals surface area contributed by atoms with Crippen molar-refractivity contribution in [2.24, 2.45) is 5.73 Å². The molecular weight excluding hydrogens is 232 g/mol. The van der Waals surface area contributed by atoms with Crippen LogP contribution in [0.15, 0.2) is 6.07 Å². The zero-order chi connectivity index (χ0) is 12.1. The molecule has 2 rings (SSSR count). The molecule has 0 unspecified atom stereocenters. The molecule has 1 aromatic heterocycles. The molecule has 17 heavy (non-hydrogen) atoms. The molecule has 3 nitrogen and oxygen atoms in total. The molecule has 1 aromatic rings. The lowest BCUT2D eigenvalue weighted by Crippen LogP contribution is -2.23. The molecule has 2 N–H and O–H groups in total. The lowest BCUT2D eigenvalue weighted by Gasteiger charge is -2.14. The maximum Gasteiger partial charge on any atom is 0.0728 e. The molecule has 0 radical (unpaired) electrons. The number of nitrogens with zero attached hydrogens (tertiary/aromatic N) is 1. The third-order valence-electron chi connectivity index (χ3n) is 3.28. The van der Waals surface area contributed by atoms with Gasteiger partial charge in [0.1, 0.15) is 0 Å². The molecule has 1 aliphatic rings. The Morgan fingerprint density at radius 1 is 1.41 bits per heavy atom. The maximum absolute atomic E-state index is 5.74. The van der Waals surface area contributed by atoms with Crippen LogP contribution >= 0.6 is 11.3 Å². The van der Waals surface area contributed by atoms with Crippen molar-refractivity contribution in [3.05, 3.63) is 21.4 Å². The van der Waals surface area contributed by atoms with Crippen LogP contribution in [0, 0.1) is 6.92 Å². The molecule has 0 amide bonds. The van der Waals surface area contributed by atoms with Crippen molar-refractivity contribution in [3.63, 3.8) is 0 Å². The Labute approximate surface area is 108 Å². The highest BCUT2D eigenvalue weighted by Crippen LogP contribution is 2.21. The standard InChI is InChI=1S/C13H22N2OS/c1-11-12(8-13(9-14)17-11)10-16-7-6-15-4-2-3-5-15/h8H,2-7,9-10,14H2,1H3. The second kappa shape index (κ2) is 6.50. The summed E-state index contributed by atoms with van der Waals surface area (Å²) in [6.45, 7) is 7.93. The summed E-state index contributed by atoms with van der Waals surface area (Å²) in [7, 11) is 0. The fraction of sp³-hybridized carbons (Fsp3) is 0.692. The van der Waals surface area contributed by atoms with E-state index in [0.29, 0.717) is 6.54 Å². The first-order valence-corrected chi connectivity index (χ1v) is 7.19. The molecule has 2 heterocycles.